The van der Waals surface area contributed by atoms with Gasteiger partial charge in [0.05, 0.1) is 6.42 Å². The van der Waals surface area contributed by atoms with Crippen LogP contribution in [0.15, 0.2) is 60.7 Å². The maximum Gasteiger partial charge on any atom is 0.307 e. The number of fused-ring (bicyclic) bond motifs is 3. The Morgan fingerprint density at radius 1 is 1.00 bits per heavy atom. The molecule has 0 saturated carbocycles. The summed E-state index contributed by atoms with van der Waals surface area (Å²) in [4.78, 5) is 22.3. The third kappa shape index (κ3) is 3.95. The number of rotatable bonds is 7. The molecule has 25 heavy (non-hydrogen) atoms. The van der Waals surface area contributed by atoms with Crippen LogP contribution in [0.25, 0.3) is 11.1 Å². The summed E-state index contributed by atoms with van der Waals surface area (Å²) in [7, 11) is 0. The molecule has 2 aromatic rings. The third-order valence-corrected chi connectivity index (χ3v) is 4.03. The van der Waals surface area contributed by atoms with Crippen LogP contribution in [-0.2, 0) is 14.3 Å². The molecule has 5 nitrogen and oxygen atoms in total. The van der Waals surface area contributed by atoms with Crippen LogP contribution in [-0.4, -0.2) is 30.1 Å². The van der Waals surface area contributed by atoms with Gasteiger partial charge < -0.3 is 15.2 Å². The van der Waals surface area contributed by atoms with Crippen LogP contribution in [0, 0.1) is 0 Å². The van der Waals surface area contributed by atoms with Crippen LogP contribution in [0.2, 0.25) is 0 Å². The van der Waals surface area contributed by atoms with E-state index in [0.29, 0.717) is 0 Å². The Kier molecular flexibility index (Phi) is 5.26. The Bertz CT molecular complexity index is 767. The summed E-state index contributed by atoms with van der Waals surface area (Å²) < 4.78 is 5.88. The van der Waals surface area contributed by atoms with E-state index in [2.05, 4.69) is 17.4 Å². The number of carboxylic acid groups (broad SMARTS) is 1. The molecule has 0 atom stereocenters. The molecule has 0 aromatic heterocycles. The Labute approximate surface area is 145 Å². The summed E-state index contributed by atoms with van der Waals surface area (Å²) in [6.07, 6.45) is 2.82. The Morgan fingerprint density at radius 3 is 2.20 bits per heavy atom. The molecule has 0 aliphatic heterocycles. The van der Waals surface area contributed by atoms with Crippen molar-refractivity contribution in [1.29, 1.82) is 0 Å². The zero-order chi connectivity index (χ0) is 17.6. The highest BCUT2D eigenvalue weighted by molar-refractivity contribution is 5.79. The lowest BCUT2D eigenvalue weighted by Crippen LogP contribution is -2.28. The lowest BCUT2D eigenvalue weighted by Gasteiger charge is -2.14. The van der Waals surface area contributed by atoms with Crippen molar-refractivity contribution in [3.8, 4) is 11.1 Å². The standard InChI is InChI=1S/C20H19NO4/c22-18(21-12-6-5-11-19(23)24)13-25-20-16-9-3-1-7-14(16)15-8-2-4-10-17(15)20/h1-10,20H,11-13H2,(H,21,22)(H,23,24)/b6-5+. The number of aliphatic carboxylic acids is 1. The summed E-state index contributed by atoms with van der Waals surface area (Å²) in [5.74, 6) is -1.13. The topological polar surface area (TPSA) is 75.6 Å². The summed E-state index contributed by atoms with van der Waals surface area (Å²) >= 11 is 0. The Hall–Kier alpha value is -2.92. The van der Waals surface area contributed by atoms with Crippen molar-refractivity contribution in [1.82, 2.24) is 5.32 Å². The van der Waals surface area contributed by atoms with Gasteiger partial charge in [0.25, 0.3) is 0 Å². The zero-order valence-electron chi connectivity index (χ0n) is 13.6. The maximum atomic E-state index is 11.9. The van der Waals surface area contributed by atoms with Gasteiger partial charge in [0, 0.05) is 6.54 Å². The second-order valence-corrected chi connectivity index (χ2v) is 5.74. The molecule has 1 aliphatic rings. The molecule has 128 valence electrons. The lowest BCUT2D eigenvalue weighted by molar-refractivity contribution is -0.136. The van der Waals surface area contributed by atoms with Crippen LogP contribution in [0.4, 0.5) is 0 Å². The highest BCUT2D eigenvalue weighted by Gasteiger charge is 2.28. The molecule has 0 radical (unpaired) electrons. The van der Waals surface area contributed by atoms with Crippen LogP contribution in [0.1, 0.15) is 23.7 Å². The van der Waals surface area contributed by atoms with Crippen molar-refractivity contribution in [2.24, 2.45) is 0 Å². The maximum absolute atomic E-state index is 11.9. The average Bonchev–Trinajstić information content (AvgIpc) is 2.93. The number of carbonyl (C=O) groups excluding carboxylic acids is 1. The fourth-order valence-corrected chi connectivity index (χ4v) is 2.94. The Balaban J connectivity index is 1.59. The van der Waals surface area contributed by atoms with Crippen molar-refractivity contribution in [3.63, 3.8) is 0 Å². The summed E-state index contributed by atoms with van der Waals surface area (Å²) in [5, 5.41) is 11.2. The number of amides is 1. The molecule has 2 aromatic carbocycles. The Morgan fingerprint density at radius 2 is 1.60 bits per heavy atom. The van der Waals surface area contributed by atoms with E-state index < -0.39 is 5.97 Å². The number of benzene rings is 2. The molecule has 0 unspecified atom stereocenters. The number of ether oxygens (including phenoxy) is 1. The molecule has 0 bridgehead atoms. The summed E-state index contributed by atoms with van der Waals surface area (Å²) in [6, 6.07) is 16.1. The first-order valence-electron chi connectivity index (χ1n) is 8.10. The van der Waals surface area contributed by atoms with Gasteiger partial charge in [-0.05, 0) is 22.3 Å². The molecule has 5 heteroatoms. The molecule has 3 rings (SSSR count). The van der Waals surface area contributed by atoms with Crippen molar-refractivity contribution in [3.05, 3.63) is 71.8 Å². The predicted octanol–water partition coefficient (Wildman–Crippen LogP) is 2.92. The van der Waals surface area contributed by atoms with Crippen LogP contribution in [0.3, 0.4) is 0 Å². The van der Waals surface area contributed by atoms with E-state index in [0.717, 1.165) is 22.3 Å². The van der Waals surface area contributed by atoms with Gasteiger partial charge in [0.15, 0.2) is 0 Å². The minimum atomic E-state index is -0.899. The van der Waals surface area contributed by atoms with E-state index in [4.69, 9.17) is 9.84 Å². The van der Waals surface area contributed by atoms with Gasteiger partial charge in [0.2, 0.25) is 5.91 Å². The second kappa shape index (κ2) is 7.77. The van der Waals surface area contributed by atoms with Crippen molar-refractivity contribution < 1.29 is 19.4 Å². The van der Waals surface area contributed by atoms with E-state index in [1.807, 2.05) is 36.4 Å². The molecule has 0 fully saturated rings. The smallest absolute Gasteiger partial charge is 0.307 e. The molecular weight excluding hydrogens is 318 g/mol. The minimum Gasteiger partial charge on any atom is -0.481 e. The highest BCUT2D eigenvalue weighted by atomic mass is 16.5. The van der Waals surface area contributed by atoms with Crippen LogP contribution in [0.5, 0.6) is 0 Å². The van der Waals surface area contributed by atoms with Crippen LogP contribution < -0.4 is 5.32 Å². The van der Waals surface area contributed by atoms with Gasteiger partial charge in [0.1, 0.15) is 12.7 Å². The van der Waals surface area contributed by atoms with Crippen molar-refractivity contribution >= 4 is 11.9 Å². The van der Waals surface area contributed by atoms with E-state index in [1.165, 1.54) is 6.08 Å². The molecular formula is C20H19NO4. The van der Waals surface area contributed by atoms with Gasteiger partial charge in [-0.15, -0.1) is 0 Å². The summed E-state index contributed by atoms with van der Waals surface area (Å²) in [5.41, 5.74) is 4.41. The van der Waals surface area contributed by atoms with Crippen molar-refractivity contribution in [2.75, 3.05) is 13.2 Å². The third-order valence-electron chi connectivity index (χ3n) is 4.03. The van der Waals surface area contributed by atoms with Gasteiger partial charge in [-0.2, -0.15) is 0 Å². The first kappa shape index (κ1) is 16.9. The normalized spacial score (nSPS) is 12.8. The van der Waals surface area contributed by atoms with Gasteiger partial charge in [-0.25, -0.2) is 0 Å². The molecule has 0 saturated heterocycles. The quantitative estimate of drug-likeness (QED) is 0.762. The molecule has 0 heterocycles. The van der Waals surface area contributed by atoms with Crippen LogP contribution >= 0.6 is 0 Å². The first-order valence-corrected chi connectivity index (χ1v) is 8.10. The van der Waals surface area contributed by atoms with Crippen molar-refractivity contribution in [2.45, 2.75) is 12.5 Å². The van der Waals surface area contributed by atoms with E-state index >= 15 is 0 Å². The summed E-state index contributed by atoms with van der Waals surface area (Å²) in [6.45, 7) is 0.230. The minimum absolute atomic E-state index is 0.0536. The van der Waals surface area contributed by atoms with Gasteiger partial charge >= 0.3 is 5.97 Å². The highest BCUT2D eigenvalue weighted by Crippen LogP contribution is 2.44. The van der Waals surface area contributed by atoms with E-state index in [1.54, 1.807) is 6.08 Å². The second-order valence-electron chi connectivity index (χ2n) is 5.74. The van der Waals surface area contributed by atoms with Gasteiger partial charge in [-0.1, -0.05) is 60.7 Å². The lowest BCUT2D eigenvalue weighted by atomic mass is 10.1. The average molecular weight is 337 g/mol. The molecule has 2 N–H and O–H groups in total. The molecule has 1 amide bonds. The molecule has 0 spiro atoms. The van der Waals surface area contributed by atoms with E-state index in [9.17, 15) is 9.59 Å². The number of carboxylic acids is 1. The number of hydrogen-bond acceptors (Lipinski definition) is 3. The fraction of sp³-hybridized carbons (Fsp3) is 0.200. The number of hydrogen-bond donors (Lipinski definition) is 2. The molecule has 1 aliphatic carbocycles. The number of carbonyl (C=O) groups is 2. The SMILES string of the molecule is O=C(O)C/C=C/CNC(=O)COC1c2ccccc2-c2ccccc21. The number of nitrogens with one attached hydrogen (secondary N) is 1. The first-order chi connectivity index (χ1) is 12.2. The predicted molar refractivity (Wildman–Crippen MR) is 94.1 cm³/mol. The zero-order valence-corrected chi connectivity index (χ0v) is 13.6. The van der Waals surface area contributed by atoms with Gasteiger partial charge in [-0.3, -0.25) is 9.59 Å². The largest absolute Gasteiger partial charge is 0.481 e. The fourth-order valence-electron chi connectivity index (χ4n) is 2.94. The monoisotopic (exact) mass is 337 g/mol. The van der Waals surface area contributed by atoms with E-state index in [-0.39, 0.29) is 31.6 Å².